The van der Waals surface area contributed by atoms with Crippen LogP contribution >= 0.6 is 0 Å². The van der Waals surface area contributed by atoms with Gasteiger partial charge in [-0.25, -0.2) is 0 Å². The molecule has 1 aromatic rings. The first-order valence-electron chi connectivity index (χ1n) is 5.22. The molecular formula is C13H14O2. The summed E-state index contributed by atoms with van der Waals surface area (Å²) in [6.45, 7) is 3.67. The van der Waals surface area contributed by atoms with Gasteiger partial charge in [0.2, 0.25) is 0 Å². The van der Waals surface area contributed by atoms with Gasteiger partial charge < -0.3 is 5.11 Å². The molecule has 1 aliphatic carbocycles. The van der Waals surface area contributed by atoms with Gasteiger partial charge in [-0.1, -0.05) is 6.08 Å². The lowest BCUT2D eigenvalue weighted by atomic mass is 9.86. The van der Waals surface area contributed by atoms with E-state index in [2.05, 4.69) is 6.58 Å². The number of ketones is 1. The molecule has 1 aromatic carbocycles. The number of hydrogen-bond donors (Lipinski definition) is 1. The smallest absolute Gasteiger partial charge is 0.163 e. The number of phenolic OH excluding ortho intramolecular Hbond substituents is 1. The highest BCUT2D eigenvalue weighted by Gasteiger charge is 2.20. The first kappa shape index (κ1) is 9.97. The summed E-state index contributed by atoms with van der Waals surface area (Å²) in [6, 6.07) is 3.35. The standard InChI is InChI=1S/C13H14O2/c1-2-4-10-9-5-3-6-12(14)11(9)7-8-13(10)15/h2,7-8,15H,1,3-6H2. The summed E-state index contributed by atoms with van der Waals surface area (Å²) in [7, 11) is 0. The third-order valence-electron chi connectivity index (χ3n) is 2.89. The lowest BCUT2D eigenvalue weighted by Gasteiger charge is -2.18. The number of rotatable bonds is 2. The Kier molecular flexibility index (Phi) is 2.58. The maximum Gasteiger partial charge on any atom is 0.163 e. The molecule has 0 bridgehead atoms. The minimum atomic E-state index is 0.196. The van der Waals surface area contributed by atoms with Gasteiger partial charge in [-0.3, -0.25) is 4.79 Å². The van der Waals surface area contributed by atoms with E-state index in [1.54, 1.807) is 18.2 Å². The van der Waals surface area contributed by atoms with Gasteiger partial charge in [-0.15, -0.1) is 6.58 Å². The lowest BCUT2D eigenvalue weighted by molar-refractivity contribution is 0.0972. The first-order valence-corrected chi connectivity index (χ1v) is 5.22. The summed E-state index contributed by atoms with van der Waals surface area (Å²) >= 11 is 0. The van der Waals surface area contributed by atoms with E-state index in [9.17, 15) is 9.90 Å². The van der Waals surface area contributed by atoms with Gasteiger partial charge >= 0.3 is 0 Å². The van der Waals surface area contributed by atoms with Crippen molar-refractivity contribution in [1.29, 1.82) is 0 Å². The number of allylic oxidation sites excluding steroid dienone is 1. The van der Waals surface area contributed by atoms with E-state index in [-0.39, 0.29) is 11.5 Å². The van der Waals surface area contributed by atoms with E-state index in [0.29, 0.717) is 12.8 Å². The van der Waals surface area contributed by atoms with Gasteiger partial charge in [0.15, 0.2) is 5.78 Å². The Morgan fingerprint density at radius 1 is 1.40 bits per heavy atom. The van der Waals surface area contributed by atoms with Gasteiger partial charge in [0, 0.05) is 17.5 Å². The Balaban J connectivity index is 2.57. The largest absolute Gasteiger partial charge is 0.508 e. The van der Waals surface area contributed by atoms with Crippen molar-refractivity contribution in [3.8, 4) is 5.75 Å². The van der Waals surface area contributed by atoms with Gasteiger partial charge in [0.25, 0.3) is 0 Å². The minimum Gasteiger partial charge on any atom is -0.508 e. The summed E-state index contributed by atoms with van der Waals surface area (Å²) in [5, 5.41) is 9.72. The normalized spacial score (nSPS) is 14.8. The zero-order chi connectivity index (χ0) is 10.8. The van der Waals surface area contributed by atoms with Crippen LogP contribution in [0.2, 0.25) is 0 Å². The molecule has 0 aliphatic heterocycles. The Morgan fingerprint density at radius 2 is 2.20 bits per heavy atom. The second-order valence-corrected chi connectivity index (χ2v) is 3.86. The lowest BCUT2D eigenvalue weighted by Crippen LogP contribution is -2.12. The molecule has 0 saturated heterocycles. The van der Waals surface area contributed by atoms with Crippen LogP contribution in [0.1, 0.15) is 34.3 Å². The predicted molar refractivity (Wildman–Crippen MR) is 59.3 cm³/mol. The fourth-order valence-corrected chi connectivity index (χ4v) is 2.16. The van der Waals surface area contributed by atoms with Gasteiger partial charge in [0.05, 0.1) is 0 Å². The molecule has 0 spiro atoms. The fourth-order valence-electron chi connectivity index (χ4n) is 2.16. The summed E-state index contributed by atoms with van der Waals surface area (Å²) in [5.74, 6) is 0.477. The summed E-state index contributed by atoms with van der Waals surface area (Å²) in [4.78, 5) is 11.6. The Hall–Kier alpha value is -1.57. The van der Waals surface area contributed by atoms with Crippen LogP contribution in [0.15, 0.2) is 24.8 Å². The van der Waals surface area contributed by atoms with Crippen molar-refractivity contribution in [2.24, 2.45) is 0 Å². The van der Waals surface area contributed by atoms with Gasteiger partial charge in [0.1, 0.15) is 5.75 Å². The average molecular weight is 202 g/mol. The molecule has 78 valence electrons. The van der Waals surface area contributed by atoms with Crippen molar-refractivity contribution < 1.29 is 9.90 Å². The molecule has 1 N–H and O–H groups in total. The molecule has 0 amide bonds. The van der Waals surface area contributed by atoms with E-state index in [1.165, 1.54) is 0 Å². The number of fused-ring (bicyclic) bond motifs is 1. The molecular weight excluding hydrogens is 188 g/mol. The van der Waals surface area contributed by atoms with Crippen molar-refractivity contribution in [1.82, 2.24) is 0 Å². The van der Waals surface area contributed by atoms with Crippen LogP contribution in [0.3, 0.4) is 0 Å². The Bertz CT molecular complexity index is 419. The number of benzene rings is 1. The van der Waals surface area contributed by atoms with E-state index in [4.69, 9.17) is 0 Å². The van der Waals surface area contributed by atoms with Crippen LogP contribution in [0.4, 0.5) is 0 Å². The van der Waals surface area contributed by atoms with Crippen LogP contribution in [-0.2, 0) is 12.8 Å². The average Bonchev–Trinajstić information content (AvgIpc) is 2.23. The molecule has 1 aliphatic rings. The molecule has 0 aromatic heterocycles. The van der Waals surface area contributed by atoms with Crippen molar-refractivity contribution >= 4 is 5.78 Å². The highest BCUT2D eigenvalue weighted by atomic mass is 16.3. The quantitative estimate of drug-likeness (QED) is 0.748. The van der Waals surface area contributed by atoms with Crippen molar-refractivity contribution in [2.45, 2.75) is 25.7 Å². The number of Topliss-reactive ketones (excluding diaryl/α,β-unsaturated/α-hetero) is 1. The van der Waals surface area contributed by atoms with Crippen LogP contribution < -0.4 is 0 Å². The number of aromatic hydroxyl groups is 1. The summed E-state index contributed by atoms with van der Waals surface area (Å²) < 4.78 is 0. The first-order chi connectivity index (χ1) is 7.24. The van der Waals surface area contributed by atoms with Crippen molar-refractivity contribution in [3.63, 3.8) is 0 Å². The number of carbonyl (C=O) groups excluding carboxylic acids is 1. The zero-order valence-corrected chi connectivity index (χ0v) is 8.62. The highest BCUT2D eigenvalue weighted by molar-refractivity contribution is 5.99. The minimum absolute atomic E-state index is 0.196. The molecule has 0 atom stereocenters. The van der Waals surface area contributed by atoms with Crippen LogP contribution in [0.5, 0.6) is 5.75 Å². The molecule has 15 heavy (non-hydrogen) atoms. The summed E-state index contributed by atoms with van der Waals surface area (Å²) in [6.07, 6.45) is 4.79. The SMILES string of the molecule is C=CCc1c(O)ccc2c1CCCC2=O. The third kappa shape index (κ3) is 1.67. The molecule has 2 nitrogen and oxygen atoms in total. The Labute approximate surface area is 89.2 Å². The monoisotopic (exact) mass is 202 g/mol. The second-order valence-electron chi connectivity index (χ2n) is 3.86. The molecule has 0 unspecified atom stereocenters. The van der Waals surface area contributed by atoms with E-state index in [1.807, 2.05) is 0 Å². The summed E-state index contributed by atoms with van der Waals surface area (Å²) in [5.41, 5.74) is 2.68. The zero-order valence-electron chi connectivity index (χ0n) is 8.62. The molecule has 2 heteroatoms. The maximum absolute atomic E-state index is 11.6. The number of carbonyl (C=O) groups is 1. The molecule has 0 saturated carbocycles. The second kappa shape index (κ2) is 3.89. The Morgan fingerprint density at radius 3 is 2.93 bits per heavy atom. The predicted octanol–water partition coefficient (Wildman–Crippen LogP) is 2.64. The molecule has 0 heterocycles. The van der Waals surface area contributed by atoms with Crippen LogP contribution in [0, 0.1) is 0 Å². The van der Waals surface area contributed by atoms with Crippen LogP contribution in [0.25, 0.3) is 0 Å². The third-order valence-corrected chi connectivity index (χ3v) is 2.89. The molecule has 2 rings (SSSR count). The van der Waals surface area contributed by atoms with Gasteiger partial charge in [-0.05, 0) is 37.0 Å². The van der Waals surface area contributed by atoms with Gasteiger partial charge in [-0.2, -0.15) is 0 Å². The van der Waals surface area contributed by atoms with E-state index < -0.39 is 0 Å². The number of phenols is 1. The van der Waals surface area contributed by atoms with E-state index >= 15 is 0 Å². The number of hydrogen-bond acceptors (Lipinski definition) is 2. The van der Waals surface area contributed by atoms with Crippen molar-refractivity contribution in [3.05, 3.63) is 41.5 Å². The fraction of sp³-hybridized carbons (Fsp3) is 0.308. The molecule has 0 radical (unpaired) electrons. The topological polar surface area (TPSA) is 37.3 Å². The van der Waals surface area contributed by atoms with Crippen LogP contribution in [-0.4, -0.2) is 10.9 Å². The van der Waals surface area contributed by atoms with E-state index in [0.717, 1.165) is 29.5 Å². The molecule has 0 fully saturated rings. The van der Waals surface area contributed by atoms with Crippen molar-refractivity contribution in [2.75, 3.05) is 0 Å². The highest BCUT2D eigenvalue weighted by Crippen LogP contribution is 2.30. The maximum atomic E-state index is 11.6.